The summed E-state index contributed by atoms with van der Waals surface area (Å²) in [6.45, 7) is 5.30. The number of aromatic nitrogens is 4. The minimum absolute atomic E-state index is 0.0349. The number of rotatable bonds is 6. The Morgan fingerprint density at radius 2 is 2.15 bits per heavy atom. The van der Waals surface area contributed by atoms with Crippen molar-refractivity contribution >= 4 is 21.8 Å². The first-order valence-electron chi connectivity index (χ1n) is 6.62. The number of hydrogen-bond donors (Lipinski definition) is 1. The van der Waals surface area contributed by atoms with Gasteiger partial charge in [-0.05, 0) is 29.3 Å². The van der Waals surface area contributed by atoms with Crippen LogP contribution in [0.3, 0.4) is 0 Å². The molecule has 0 saturated heterocycles. The van der Waals surface area contributed by atoms with Gasteiger partial charge in [0, 0.05) is 31.0 Å². The molecule has 2 aromatic heterocycles. The predicted molar refractivity (Wildman–Crippen MR) is 79.0 cm³/mol. The molecule has 0 bridgehead atoms. The van der Waals surface area contributed by atoms with E-state index >= 15 is 0 Å². The van der Waals surface area contributed by atoms with Crippen LogP contribution in [-0.4, -0.2) is 25.5 Å². The Kier molecular flexibility index (Phi) is 4.94. The summed E-state index contributed by atoms with van der Waals surface area (Å²) < 4.78 is 4.38. The van der Waals surface area contributed by atoms with Crippen LogP contribution in [0.5, 0.6) is 0 Å². The van der Waals surface area contributed by atoms with Crippen molar-refractivity contribution in [2.45, 2.75) is 39.4 Å². The van der Waals surface area contributed by atoms with Gasteiger partial charge in [0.1, 0.15) is 6.04 Å². The Labute approximate surface area is 126 Å². The molecule has 6 nitrogen and oxygen atoms in total. The summed E-state index contributed by atoms with van der Waals surface area (Å²) in [5, 5.41) is 11.3. The van der Waals surface area contributed by atoms with Crippen molar-refractivity contribution in [1.29, 1.82) is 0 Å². The fourth-order valence-corrected chi connectivity index (χ4v) is 2.26. The van der Waals surface area contributed by atoms with Gasteiger partial charge in [0.05, 0.1) is 16.9 Å². The second-order valence-corrected chi connectivity index (χ2v) is 5.40. The number of amides is 1. The molecule has 0 radical (unpaired) electrons. The third-order valence-corrected chi connectivity index (χ3v) is 3.47. The first-order valence-corrected chi connectivity index (χ1v) is 7.42. The average molecular weight is 340 g/mol. The molecule has 0 aliphatic carbocycles. The van der Waals surface area contributed by atoms with E-state index in [1.54, 1.807) is 17.1 Å². The SMILES string of the molecule is CCC(C(=O)NCc1cnn(CC)c1)n1cc(Br)cn1. The van der Waals surface area contributed by atoms with Crippen LogP contribution in [0.1, 0.15) is 31.9 Å². The zero-order valence-electron chi connectivity index (χ0n) is 11.6. The van der Waals surface area contributed by atoms with E-state index in [4.69, 9.17) is 0 Å². The predicted octanol–water partition coefficient (Wildman–Crippen LogP) is 2.13. The molecule has 2 rings (SSSR count). The summed E-state index contributed by atoms with van der Waals surface area (Å²) in [7, 11) is 0. The molecule has 0 spiro atoms. The van der Waals surface area contributed by atoms with Crippen LogP contribution in [0.25, 0.3) is 0 Å². The maximum Gasteiger partial charge on any atom is 0.245 e. The van der Waals surface area contributed by atoms with Crippen LogP contribution in [0, 0.1) is 0 Å². The fourth-order valence-electron chi connectivity index (χ4n) is 1.96. The highest BCUT2D eigenvalue weighted by Crippen LogP contribution is 2.15. The second kappa shape index (κ2) is 6.69. The molecule has 108 valence electrons. The van der Waals surface area contributed by atoms with Crippen molar-refractivity contribution in [2.24, 2.45) is 0 Å². The topological polar surface area (TPSA) is 64.7 Å². The lowest BCUT2D eigenvalue weighted by molar-refractivity contribution is -0.124. The van der Waals surface area contributed by atoms with E-state index in [-0.39, 0.29) is 11.9 Å². The molecule has 2 heterocycles. The molecular formula is C13H18BrN5O. The summed E-state index contributed by atoms with van der Waals surface area (Å²) in [6.07, 6.45) is 7.89. The first-order chi connectivity index (χ1) is 9.63. The van der Waals surface area contributed by atoms with E-state index in [1.165, 1.54) is 0 Å². The molecule has 0 aliphatic heterocycles. The summed E-state index contributed by atoms with van der Waals surface area (Å²) in [4.78, 5) is 12.2. The summed E-state index contributed by atoms with van der Waals surface area (Å²) in [6, 6.07) is -0.289. The molecule has 2 aromatic rings. The van der Waals surface area contributed by atoms with Crippen molar-refractivity contribution in [3.63, 3.8) is 0 Å². The first kappa shape index (κ1) is 14.8. The van der Waals surface area contributed by atoms with Gasteiger partial charge in [-0.1, -0.05) is 6.92 Å². The van der Waals surface area contributed by atoms with Crippen LogP contribution >= 0.6 is 15.9 Å². The van der Waals surface area contributed by atoms with Gasteiger partial charge in [0.15, 0.2) is 0 Å². The van der Waals surface area contributed by atoms with Gasteiger partial charge >= 0.3 is 0 Å². The van der Waals surface area contributed by atoms with Crippen LogP contribution in [0.15, 0.2) is 29.3 Å². The number of nitrogens with one attached hydrogen (secondary N) is 1. The van der Waals surface area contributed by atoms with Crippen molar-refractivity contribution in [3.8, 4) is 0 Å². The number of carbonyl (C=O) groups is 1. The lowest BCUT2D eigenvalue weighted by Crippen LogP contribution is -2.32. The van der Waals surface area contributed by atoms with Gasteiger partial charge < -0.3 is 5.32 Å². The number of carbonyl (C=O) groups excluding carboxylic acids is 1. The molecule has 0 aliphatic rings. The van der Waals surface area contributed by atoms with Crippen LogP contribution in [0.4, 0.5) is 0 Å². The standard InChI is InChI=1S/C13H18BrN5O/c1-3-12(19-9-11(14)7-17-19)13(20)15-5-10-6-16-18(4-2)8-10/h6-9,12H,3-5H2,1-2H3,(H,15,20). The molecule has 7 heteroatoms. The number of aryl methyl sites for hydroxylation is 1. The lowest BCUT2D eigenvalue weighted by Gasteiger charge is -2.15. The van der Waals surface area contributed by atoms with Crippen molar-refractivity contribution in [1.82, 2.24) is 24.9 Å². The summed E-state index contributed by atoms with van der Waals surface area (Å²) in [5.74, 6) is -0.0349. The number of halogens is 1. The maximum atomic E-state index is 12.2. The van der Waals surface area contributed by atoms with E-state index in [0.717, 1.165) is 16.6 Å². The smallest absolute Gasteiger partial charge is 0.245 e. The van der Waals surface area contributed by atoms with Gasteiger partial charge in [0.2, 0.25) is 5.91 Å². The average Bonchev–Trinajstić information content (AvgIpc) is 3.06. The molecule has 1 N–H and O–H groups in total. The van der Waals surface area contributed by atoms with Gasteiger partial charge in [-0.2, -0.15) is 10.2 Å². The normalized spacial score (nSPS) is 12.3. The van der Waals surface area contributed by atoms with Crippen LogP contribution in [0.2, 0.25) is 0 Å². The molecule has 0 aromatic carbocycles. The molecule has 0 fully saturated rings. The third-order valence-electron chi connectivity index (χ3n) is 3.06. The molecule has 1 unspecified atom stereocenters. The van der Waals surface area contributed by atoms with E-state index < -0.39 is 0 Å². The Hall–Kier alpha value is -1.63. The highest BCUT2D eigenvalue weighted by atomic mass is 79.9. The lowest BCUT2D eigenvalue weighted by atomic mass is 10.2. The molecular weight excluding hydrogens is 322 g/mol. The van der Waals surface area contributed by atoms with Crippen molar-refractivity contribution in [2.75, 3.05) is 0 Å². The summed E-state index contributed by atoms with van der Waals surface area (Å²) in [5.41, 5.74) is 0.997. The van der Waals surface area contributed by atoms with Crippen LogP contribution < -0.4 is 5.32 Å². The molecule has 1 amide bonds. The largest absolute Gasteiger partial charge is 0.350 e. The van der Waals surface area contributed by atoms with E-state index in [1.807, 2.05) is 30.9 Å². The van der Waals surface area contributed by atoms with Crippen LogP contribution in [-0.2, 0) is 17.9 Å². The number of nitrogens with zero attached hydrogens (tertiary/aromatic N) is 4. The minimum Gasteiger partial charge on any atom is -0.350 e. The summed E-state index contributed by atoms with van der Waals surface area (Å²) >= 11 is 3.34. The van der Waals surface area contributed by atoms with Gasteiger partial charge in [-0.3, -0.25) is 14.2 Å². The molecule has 0 saturated carbocycles. The highest BCUT2D eigenvalue weighted by molar-refractivity contribution is 9.10. The third kappa shape index (κ3) is 3.47. The van der Waals surface area contributed by atoms with Gasteiger partial charge in [0.25, 0.3) is 0 Å². The Balaban J connectivity index is 1.95. The fraction of sp³-hybridized carbons (Fsp3) is 0.462. The highest BCUT2D eigenvalue weighted by Gasteiger charge is 2.19. The minimum atomic E-state index is -0.289. The quantitative estimate of drug-likeness (QED) is 0.876. The van der Waals surface area contributed by atoms with E-state index in [9.17, 15) is 4.79 Å². The van der Waals surface area contributed by atoms with Crippen molar-refractivity contribution in [3.05, 3.63) is 34.8 Å². The van der Waals surface area contributed by atoms with E-state index in [0.29, 0.717) is 13.0 Å². The molecule has 1 atom stereocenters. The zero-order valence-corrected chi connectivity index (χ0v) is 13.2. The monoisotopic (exact) mass is 339 g/mol. The zero-order chi connectivity index (χ0) is 14.5. The van der Waals surface area contributed by atoms with Crippen molar-refractivity contribution < 1.29 is 4.79 Å². The van der Waals surface area contributed by atoms with Gasteiger partial charge in [-0.25, -0.2) is 0 Å². The molecule has 20 heavy (non-hydrogen) atoms. The number of hydrogen-bond acceptors (Lipinski definition) is 3. The van der Waals surface area contributed by atoms with E-state index in [2.05, 4.69) is 31.4 Å². The Morgan fingerprint density at radius 3 is 2.70 bits per heavy atom. The maximum absolute atomic E-state index is 12.2. The Morgan fingerprint density at radius 1 is 1.35 bits per heavy atom. The Bertz CT molecular complexity index is 577. The second-order valence-electron chi connectivity index (χ2n) is 4.48. The van der Waals surface area contributed by atoms with Gasteiger partial charge in [-0.15, -0.1) is 0 Å².